The SMILES string of the molecule is CCC1CCC(N(C)Cc2cc(F)ccc2C#N)CC1. The van der Waals surface area contributed by atoms with Crippen molar-refractivity contribution in [1.82, 2.24) is 4.90 Å². The van der Waals surface area contributed by atoms with Crippen LogP contribution in [0.1, 0.15) is 50.2 Å². The van der Waals surface area contributed by atoms with Gasteiger partial charge in [0.05, 0.1) is 11.6 Å². The Bertz CT molecular complexity index is 484. The summed E-state index contributed by atoms with van der Waals surface area (Å²) in [6, 6.07) is 7.14. The van der Waals surface area contributed by atoms with Crippen molar-refractivity contribution in [1.29, 1.82) is 5.26 Å². The maximum absolute atomic E-state index is 13.3. The summed E-state index contributed by atoms with van der Waals surface area (Å²) in [5.41, 5.74) is 1.38. The van der Waals surface area contributed by atoms with Crippen LogP contribution in [0.4, 0.5) is 4.39 Å². The Kier molecular flexibility index (Phi) is 5.14. The number of nitrogens with zero attached hydrogens (tertiary/aromatic N) is 2. The Hall–Kier alpha value is -1.40. The molecule has 0 N–H and O–H groups in total. The molecule has 3 heteroatoms. The van der Waals surface area contributed by atoms with Crippen LogP contribution in [0, 0.1) is 23.1 Å². The standard InChI is InChI=1S/C17H23FN2/c1-3-13-4-8-17(9-5-13)20(2)12-15-10-16(18)7-6-14(15)11-19/h6-7,10,13,17H,3-5,8-9,12H2,1-2H3. The van der Waals surface area contributed by atoms with E-state index >= 15 is 0 Å². The molecule has 0 heterocycles. The Balaban J connectivity index is 2.00. The minimum Gasteiger partial charge on any atom is -0.299 e. The van der Waals surface area contributed by atoms with Gasteiger partial charge in [-0.05, 0) is 62.4 Å². The molecule has 0 spiro atoms. The fourth-order valence-corrected chi connectivity index (χ4v) is 3.19. The Morgan fingerprint density at radius 1 is 1.30 bits per heavy atom. The molecule has 1 aliphatic carbocycles. The highest BCUT2D eigenvalue weighted by molar-refractivity contribution is 5.37. The average molecular weight is 274 g/mol. The molecule has 1 aromatic carbocycles. The second-order valence-corrected chi connectivity index (χ2v) is 5.91. The van der Waals surface area contributed by atoms with Gasteiger partial charge in [-0.25, -0.2) is 4.39 Å². The first kappa shape index (κ1) is 15.0. The molecule has 0 radical (unpaired) electrons. The second kappa shape index (κ2) is 6.85. The molecule has 0 aliphatic heterocycles. The van der Waals surface area contributed by atoms with E-state index in [9.17, 15) is 4.39 Å². The van der Waals surface area contributed by atoms with E-state index in [1.807, 2.05) is 0 Å². The number of hydrogen-bond donors (Lipinski definition) is 0. The second-order valence-electron chi connectivity index (χ2n) is 5.91. The summed E-state index contributed by atoms with van der Waals surface area (Å²) in [5.74, 6) is 0.616. The van der Waals surface area contributed by atoms with Crippen LogP contribution in [0.25, 0.3) is 0 Å². The van der Waals surface area contributed by atoms with E-state index in [2.05, 4.69) is 24.9 Å². The first-order chi connectivity index (χ1) is 9.63. The van der Waals surface area contributed by atoms with Crippen LogP contribution < -0.4 is 0 Å². The van der Waals surface area contributed by atoms with Crippen LogP contribution in [0.5, 0.6) is 0 Å². The van der Waals surface area contributed by atoms with Crippen molar-refractivity contribution in [3.63, 3.8) is 0 Å². The zero-order valence-corrected chi connectivity index (χ0v) is 12.4. The highest BCUT2D eigenvalue weighted by Gasteiger charge is 2.23. The van der Waals surface area contributed by atoms with Crippen LogP contribution >= 0.6 is 0 Å². The van der Waals surface area contributed by atoms with Gasteiger partial charge in [0, 0.05) is 12.6 Å². The third-order valence-corrected chi connectivity index (χ3v) is 4.62. The predicted octanol–water partition coefficient (Wildman–Crippen LogP) is 4.10. The lowest BCUT2D eigenvalue weighted by Crippen LogP contribution is -2.34. The molecule has 1 fully saturated rings. The maximum Gasteiger partial charge on any atom is 0.123 e. The highest BCUT2D eigenvalue weighted by atomic mass is 19.1. The number of benzene rings is 1. The quantitative estimate of drug-likeness (QED) is 0.826. The van der Waals surface area contributed by atoms with Gasteiger partial charge in [0.25, 0.3) is 0 Å². The van der Waals surface area contributed by atoms with Gasteiger partial charge in [-0.1, -0.05) is 13.3 Å². The van der Waals surface area contributed by atoms with Gasteiger partial charge in [0.2, 0.25) is 0 Å². The van der Waals surface area contributed by atoms with Crippen molar-refractivity contribution in [3.05, 3.63) is 35.1 Å². The topological polar surface area (TPSA) is 27.0 Å². The van der Waals surface area contributed by atoms with Crippen molar-refractivity contribution in [2.24, 2.45) is 5.92 Å². The predicted molar refractivity (Wildman–Crippen MR) is 78.6 cm³/mol. The molecule has 1 saturated carbocycles. The fraction of sp³-hybridized carbons (Fsp3) is 0.588. The Labute approximate surface area is 121 Å². The first-order valence-corrected chi connectivity index (χ1v) is 7.52. The molecule has 0 amide bonds. The van der Waals surface area contributed by atoms with Gasteiger partial charge < -0.3 is 0 Å². The summed E-state index contributed by atoms with van der Waals surface area (Å²) < 4.78 is 13.3. The van der Waals surface area contributed by atoms with Gasteiger partial charge in [-0.3, -0.25) is 4.90 Å². The lowest BCUT2D eigenvalue weighted by atomic mass is 9.84. The minimum absolute atomic E-state index is 0.262. The van der Waals surface area contributed by atoms with E-state index < -0.39 is 0 Å². The zero-order valence-electron chi connectivity index (χ0n) is 12.4. The smallest absolute Gasteiger partial charge is 0.123 e. The van der Waals surface area contributed by atoms with Crippen molar-refractivity contribution in [3.8, 4) is 6.07 Å². The van der Waals surface area contributed by atoms with Crippen molar-refractivity contribution in [2.45, 2.75) is 51.6 Å². The third-order valence-electron chi connectivity index (χ3n) is 4.62. The van der Waals surface area contributed by atoms with Gasteiger partial charge in [0.15, 0.2) is 0 Å². The highest BCUT2D eigenvalue weighted by Crippen LogP contribution is 2.29. The van der Waals surface area contributed by atoms with E-state index in [0.717, 1.165) is 11.5 Å². The molecule has 2 nitrogen and oxygen atoms in total. The summed E-state index contributed by atoms with van der Waals surface area (Å²) in [6.45, 7) is 2.92. The lowest BCUT2D eigenvalue weighted by molar-refractivity contribution is 0.157. The number of hydrogen-bond acceptors (Lipinski definition) is 2. The molecule has 0 atom stereocenters. The molecular weight excluding hydrogens is 251 g/mol. The molecule has 20 heavy (non-hydrogen) atoms. The number of rotatable bonds is 4. The molecule has 0 unspecified atom stereocenters. The monoisotopic (exact) mass is 274 g/mol. The molecule has 1 aromatic rings. The summed E-state index contributed by atoms with van der Waals surface area (Å²) >= 11 is 0. The van der Waals surface area contributed by atoms with Crippen LogP contribution in [-0.2, 0) is 6.54 Å². The van der Waals surface area contributed by atoms with E-state index in [4.69, 9.17) is 5.26 Å². The summed E-state index contributed by atoms with van der Waals surface area (Å²) in [6.07, 6.45) is 6.29. The summed E-state index contributed by atoms with van der Waals surface area (Å²) in [4.78, 5) is 2.28. The van der Waals surface area contributed by atoms with Crippen LogP contribution in [-0.4, -0.2) is 18.0 Å². The van der Waals surface area contributed by atoms with Crippen molar-refractivity contribution in [2.75, 3.05) is 7.05 Å². The van der Waals surface area contributed by atoms with Gasteiger partial charge in [-0.15, -0.1) is 0 Å². The molecule has 0 aromatic heterocycles. The number of halogens is 1. The number of nitriles is 1. The van der Waals surface area contributed by atoms with Crippen molar-refractivity contribution >= 4 is 0 Å². The molecule has 0 saturated heterocycles. The van der Waals surface area contributed by atoms with E-state index in [0.29, 0.717) is 18.2 Å². The third kappa shape index (κ3) is 3.58. The maximum atomic E-state index is 13.3. The van der Waals surface area contributed by atoms with Crippen molar-refractivity contribution < 1.29 is 4.39 Å². The largest absolute Gasteiger partial charge is 0.299 e. The molecule has 108 valence electrons. The minimum atomic E-state index is -0.262. The molecule has 1 aliphatic rings. The van der Waals surface area contributed by atoms with E-state index in [1.165, 1.54) is 44.2 Å². The van der Waals surface area contributed by atoms with Gasteiger partial charge in [0.1, 0.15) is 5.82 Å². The first-order valence-electron chi connectivity index (χ1n) is 7.52. The molecular formula is C17H23FN2. The Morgan fingerprint density at radius 3 is 2.60 bits per heavy atom. The van der Waals surface area contributed by atoms with Crippen LogP contribution in [0.3, 0.4) is 0 Å². The Morgan fingerprint density at radius 2 is 2.00 bits per heavy atom. The molecule has 0 bridgehead atoms. The average Bonchev–Trinajstić information content (AvgIpc) is 2.47. The van der Waals surface area contributed by atoms with E-state index in [-0.39, 0.29) is 5.82 Å². The fourth-order valence-electron chi connectivity index (χ4n) is 3.19. The van der Waals surface area contributed by atoms with Crippen LogP contribution in [0.15, 0.2) is 18.2 Å². The van der Waals surface area contributed by atoms with Gasteiger partial charge >= 0.3 is 0 Å². The van der Waals surface area contributed by atoms with Crippen LogP contribution in [0.2, 0.25) is 0 Å². The van der Waals surface area contributed by atoms with Gasteiger partial charge in [-0.2, -0.15) is 5.26 Å². The lowest BCUT2D eigenvalue weighted by Gasteiger charge is -2.34. The summed E-state index contributed by atoms with van der Waals surface area (Å²) in [7, 11) is 2.09. The normalized spacial score (nSPS) is 22.8. The summed E-state index contributed by atoms with van der Waals surface area (Å²) in [5, 5.41) is 9.11. The molecule has 2 rings (SSSR count). The zero-order chi connectivity index (χ0) is 14.5. The van der Waals surface area contributed by atoms with E-state index in [1.54, 1.807) is 6.07 Å².